The summed E-state index contributed by atoms with van der Waals surface area (Å²) in [4.78, 5) is 71.8. The second-order valence-electron chi connectivity index (χ2n) is 22.9. The molecule has 0 atom stereocenters. The Morgan fingerprint density at radius 3 is 0.812 bits per heavy atom. The molecule has 18 heteroatoms. The van der Waals surface area contributed by atoms with E-state index in [0.717, 1.165) is 69.8 Å². The highest BCUT2D eigenvalue weighted by Crippen LogP contribution is 2.05. The Bertz CT molecular complexity index is 1260. The summed E-state index contributed by atoms with van der Waals surface area (Å²) in [7, 11) is 31.7. The van der Waals surface area contributed by atoms with Gasteiger partial charge >= 0.3 is 0 Å². The second kappa shape index (κ2) is 31.1. The molecule has 0 radical (unpaired) electrons. The summed E-state index contributed by atoms with van der Waals surface area (Å²) in [6, 6.07) is 0. The summed E-state index contributed by atoms with van der Waals surface area (Å²) in [5, 5.41) is 15.3. The van der Waals surface area contributed by atoms with Crippen molar-refractivity contribution < 1.29 is 46.4 Å². The lowest BCUT2D eigenvalue weighted by Crippen LogP contribution is -2.47. The third-order valence-corrected chi connectivity index (χ3v) is 10.5. The number of nitrogens with one attached hydrogen (secondary N) is 5. The van der Waals surface area contributed by atoms with Gasteiger partial charge in [0.15, 0.2) is 6.67 Å². The molecule has 0 bridgehead atoms. The van der Waals surface area contributed by atoms with Crippen LogP contribution in [0.4, 0.5) is 0 Å². The maximum Gasteiger partial charge on any atom is 0.225 e. The molecule has 0 spiro atoms. The fraction of sp³-hybridized carbons (Fsp3) is 0.891. The van der Waals surface area contributed by atoms with Crippen LogP contribution in [0.1, 0.15) is 57.8 Å². The first-order valence-electron chi connectivity index (χ1n) is 23.9. The Labute approximate surface area is 391 Å². The van der Waals surface area contributed by atoms with Gasteiger partial charge in [0.25, 0.3) is 0 Å². The minimum absolute atomic E-state index is 0.0142. The standard InChI is InChI=1S/C46H97N13O5/c1-55(2,3)36-16-25-47-42(60)20-29-52(30-21-43(61)48-26-17-37-56(4,5)6)34-35-54(33-24-46(64)51-40-59(13,14)15)41-53(31-22-44(62)49-27-18-38-57(7,8)9)32-23-45(63)50-28-19-39-58(10,11)12/h16-41H2,1-15H3/p+5. The molecule has 5 N–H and O–H groups in total. The lowest BCUT2D eigenvalue weighted by molar-refractivity contribution is -0.872. The van der Waals surface area contributed by atoms with Gasteiger partial charge in [-0.1, -0.05) is 0 Å². The Balaban J connectivity index is 6.15. The molecule has 0 rings (SSSR count). The Morgan fingerprint density at radius 2 is 0.547 bits per heavy atom. The van der Waals surface area contributed by atoms with Crippen molar-refractivity contribution in [2.75, 3.05) is 217 Å². The van der Waals surface area contributed by atoms with E-state index in [4.69, 9.17) is 0 Å². The average molecular weight is 917 g/mol. The minimum atomic E-state index is -0.0492. The molecule has 5 amide bonds. The first-order valence-corrected chi connectivity index (χ1v) is 23.9. The molecule has 0 aromatic heterocycles. The molecule has 0 saturated heterocycles. The maximum absolute atomic E-state index is 13.1. The number of quaternary nitrogens is 5. The number of nitrogens with zero attached hydrogens (tertiary/aromatic N) is 8. The van der Waals surface area contributed by atoms with Gasteiger partial charge in [-0.05, 0) is 0 Å². The zero-order valence-corrected chi connectivity index (χ0v) is 44.0. The maximum atomic E-state index is 13.1. The fourth-order valence-corrected chi connectivity index (χ4v) is 6.60. The molecule has 0 unspecified atom stereocenters. The third-order valence-electron chi connectivity index (χ3n) is 10.5. The molecule has 0 aliphatic heterocycles. The molecule has 0 heterocycles. The van der Waals surface area contributed by atoms with E-state index in [1.54, 1.807) is 0 Å². The van der Waals surface area contributed by atoms with Crippen LogP contribution in [0, 0.1) is 0 Å². The van der Waals surface area contributed by atoms with Crippen LogP contribution >= 0.6 is 0 Å². The summed E-state index contributed by atoms with van der Waals surface area (Å²) in [6.45, 7) is 10.7. The summed E-state index contributed by atoms with van der Waals surface area (Å²) >= 11 is 0. The fourth-order valence-electron chi connectivity index (χ4n) is 6.60. The van der Waals surface area contributed by atoms with Gasteiger partial charge in [-0.2, -0.15) is 0 Å². The lowest BCUT2D eigenvalue weighted by atomic mass is 10.2. The zero-order valence-electron chi connectivity index (χ0n) is 44.0. The molecule has 0 aromatic rings. The molecule has 64 heavy (non-hydrogen) atoms. The number of rotatable bonds is 38. The van der Waals surface area contributed by atoms with E-state index in [-0.39, 0.29) is 48.8 Å². The van der Waals surface area contributed by atoms with Crippen LogP contribution in [0.5, 0.6) is 0 Å². The molecule has 18 nitrogen and oxygen atoms in total. The number of amides is 5. The van der Waals surface area contributed by atoms with Crippen molar-refractivity contribution in [3.8, 4) is 0 Å². The molecule has 0 saturated carbocycles. The van der Waals surface area contributed by atoms with Gasteiger partial charge in [0.2, 0.25) is 29.5 Å². The van der Waals surface area contributed by atoms with Crippen molar-refractivity contribution in [1.29, 1.82) is 0 Å². The zero-order chi connectivity index (χ0) is 49.0. The van der Waals surface area contributed by atoms with Crippen LogP contribution in [0.2, 0.25) is 0 Å². The Morgan fingerprint density at radius 1 is 0.312 bits per heavy atom. The average Bonchev–Trinajstić information content (AvgIpc) is 3.15. The molecular weight excluding hydrogens is 815 g/mol. The summed E-state index contributed by atoms with van der Waals surface area (Å²) in [6.07, 6.45) is 4.99. The highest BCUT2D eigenvalue weighted by Gasteiger charge is 2.20. The highest BCUT2D eigenvalue weighted by atomic mass is 16.2. The van der Waals surface area contributed by atoms with E-state index >= 15 is 0 Å². The van der Waals surface area contributed by atoms with Crippen molar-refractivity contribution in [1.82, 2.24) is 41.3 Å². The Hall–Kier alpha value is -2.97. The van der Waals surface area contributed by atoms with E-state index in [9.17, 15) is 24.0 Å². The molecular formula is C46H102N13O5+5. The quantitative estimate of drug-likeness (QED) is 0.0314. The van der Waals surface area contributed by atoms with Gasteiger partial charge in [0.05, 0.1) is 139 Å². The molecule has 0 fully saturated rings. The number of carbonyl (C=O) groups is 5. The van der Waals surface area contributed by atoms with Gasteiger partial charge in [-0.25, -0.2) is 0 Å². The highest BCUT2D eigenvalue weighted by molar-refractivity contribution is 5.77. The van der Waals surface area contributed by atoms with Crippen molar-refractivity contribution in [3.63, 3.8) is 0 Å². The van der Waals surface area contributed by atoms with Crippen LogP contribution in [0.3, 0.4) is 0 Å². The van der Waals surface area contributed by atoms with Crippen molar-refractivity contribution in [3.05, 3.63) is 0 Å². The van der Waals surface area contributed by atoms with E-state index in [2.05, 4.69) is 126 Å². The minimum Gasteiger partial charge on any atom is -0.356 e. The monoisotopic (exact) mass is 917 g/mol. The smallest absolute Gasteiger partial charge is 0.225 e. The topological polar surface area (TPSA) is 155 Å². The third kappa shape index (κ3) is 41.7. The van der Waals surface area contributed by atoms with E-state index < -0.39 is 0 Å². The van der Waals surface area contributed by atoms with E-state index in [1.165, 1.54) is 0 Å². The van der Waals surface area contributed by atoms with Gasteiger partial charge < -0.3 is 53.9 Å². The first-order chi connectivity index (χ1) is 29.4. The second-order valence-corrected chi connectivity index (χ2v) is 22.9. The van der Waals surface area contributed by atoms with Crippen LogP contribution in [-0.2, 0) is 24.0 Å². The van der Waals surface area contributed by atoms with Crippen molar-refractivity contribution in [2.24, 2.45) is 0 Å². The number of carbonyl (C=O) groups excluding carboxylic acids is 5. The normalized spacial score (nSPS) is 12.8. The Kier molecular flexibility index (Phi) is 29.6. The summed E-state index contributed by atoms with van der Waals surface area (Å²) in [5.74, 6) is -0.133. The van der Waals surface area contributed by atoms with Gasteiger partial charge in [0, 0.05) is 130 Å². The van der Waals surface area contributed by atoms with Crippen LogP contribution in [-0.4, -0.2) is 284 Å². The molecule has 0 aliphatic carbocycles. The SMILES string of the molecule is C[N+](C)(C)CCCNC(=O)CCN(CCC(=O)NCCC[N+](C)(C)C)CCN(CCC(=O)NC[N+](C)(C)C)CN(CCC(=O)NCCC[N+](C)(C)C)CCC(=O)NCCC[N+](C)(C)C. The van der Waals surface area contributed by atoms with Crippen molar-refractivity contribution in [2.45, 2.75) is 57.8 Å². The summed E-state index contributed by atoms with van der Waals surface area (Å²) < 4.78 is 3.93. The van der Waals surface area contributed by atoms with Gasteiger partial charge in [-0.3, -0.25) is 33.8 Å². The van der Waals surface area contributed by atoms with E-state index in [1.807, 2.05) is 21.1 Å². The van der Waals surface area contributed by atoms with Gasteiger partial charge in [0.1, 0.15) is 0 Å². The number of hydrogen-bond donors (Lipinski definition) is 5. The lowest BCUT2D eigenvalue weighted by Gasteiger charge is -2.32. The van der Waals surface area contributed by atoms with Crippen molar-refractivity contribution >= 4 is 29.5 Å². The van der Waals surface area contributed by atoms with Crippen LogP contribution in [0.15, 0.2) is 0 Å². The van der Waals surface area contributed by atoms with Crippen LogP contribution in [0.25, 0.3) is 0 Å². The summed E-state index contributed by atoms with van der Waals surface area (Å²) in [5.41, 5.74) is 0. The first kappa shape index (κ1) is 61.0. The van der Waals surface area contributed by atoms with Crippen LogP contribution < -0.4 is 26.6 Å². The van der Waals surface area contributed by atoms with Gasteiger partial charge in [-0.15, -0.1) is 0 Å². The molecule has 0 aliphatic rings. The van der Waals surface area contributed by atoms with E-state index in [0.29, 0.717) is 103 Å². The molecule has 376 valence electrons. The molecule has 0 aromatic carbocycles. The largest absolute Gasteiger partial charge is 0.356 e. The number of hydrogen-bond acceptors (Lipinski definition) is 8. The predicted octanol–water partition coefficient (Wildman–Crippen LogP) is -0.570. The predicted molar refractivity (Wildman–Crippen MR) is 261 cm³/mol.